The first kappa shape index (κ1) is 23.6. The molecule has 0 fully saturated rings. The number of nitrogens with zero attached hydrogens (tertiary/aromatic N) is 1. The van der Waals surface area contributed by atoms with Gasteiger partial charge in [-0.05, 0) is 62.5 Å². The van der Waals surface area contributed by atoms with Gasteiger partial charge in [-0.25, -0.2) is 13.1 Å². The van der Waals surface area contributed by atoms with Crippen LogP contribution in [-0.4, -0.2) is 32.8 Å². The van der Waals surface area contributed by atoms with Crippen molar-refractivity contribution in [2.75, 3.05) is 17.3 Å². The number of hydrogen-bond donors (Lipinski definition) is 2. The van der Waals surface area contributed by atoms with Gasteiger partial charge in [0.05, 0.1) is 21.0 Å². The Morgan fingerprint density at radius 2 is 1.69 bits per heavy atom. The van der Waals surface area contributed by atoms with Crippen LogP contribution >= 0.6 is 11.3 Å². The Morgan fingerprint density at radius 1 is 0.969 bits per heavy atom. The van der Waals surface area contributed by atoms with Gasteiger partial charge in [0, 0.05) is 18.3 Å². The SMILES string of the molecule is CN(C(=O)c1cccs1)c1ccccc1C(=O)Nc1cccc(S(=O)(=O)NC(C)(C)C)c1. The average Bonchev–Trinajstić information content (AvgIpc) is 3.26. The lowest BCUT2D eigenvalue weighted by atomic mass is 10.1. The van der Waals surface area contributed by atoms with Crippen LogP contribution < -0.4 is 14.9 Å². The molecule has 3 rings (SSSR count). The summed E-state index contributed by atoms with van der Waals surface area (Å²) in [7, 11) is -2.14. The van der Waals surface area contributed by atoms with Crippen molar-refractivity contribution in [1.82, 2.24) is 4.72 Å². The monoisotopic (exact) mass is 471 g/mol. The first-order chi connectivity index (χ1) is 15.0. The van der Waals surface area contributed by atoms with Gasteiger partial charge in [-0.15, -0.1) is 11.3 Å². The van der Waals surface area contributed by atoms with Crippen LogP contribution in [-0.2, 0) is 10.0 Å². The lowest BCUT2D eigenvalue weighted by molar-refractivity contribution is 0.0996. The Balaban J connectivity index is 1.85. The van der Waals surface area contributed by atoms with E-state index in [9.17, 15) is 18.0 Å². The Morgan fingerprint density at radius 3 is 2.34 bits per heavy atom. The summed E-state index contributed by atoms with van der Waals surface area (Å²) >= 11 is 1.32. The number of carbonyl (C=O) groups is 2. The lowest BCUT2D eigenvalue weighted by Gasteiger charge is -2.21. The first-order valence-corrected chi connectivity index (χ1v) is 12.2. The summed E-state index contributed by atoms with van der Waals surface area (Å²) in [4.78, 5) is 27.8. The molecule has 9 heteroatoms. The molecule has 2 N–H and O–H groups in total. The molecule has 0 aliphatic heterocycles. The van der Waals surface area contributed by atoms with Crippen molar-refractivity contribution < 1.29 is 18.0 Å². The molecule has 0 aliphatic rings. The van der Waals surface area contributed by atoms with Gasteiger partial charge in [0.25, 0.3) is 11.8 Å². The largest absolute Gasteiger partial charge is 0.322 e. The summed E-state index contributed by atoms with van der Waals surface area (Å²) < 4.78 is 27.8. The van der Waals surface area contributed by atoms with Crippen LogP contribution in [0.2, 0.25) is 0 Å². The lowest BCUT2D eigenvalue weighted by Crippen LogP contribution is -2.40. The topological polar surface area (TPSA) is 95.6 Å². The van der Waals surface area contributed by atoms with Gasteiger partial charge in [0.15, 0.2) is 0 Å². The van der Waals surface area contributed by atoms with Crippen molar-refractivity contribution in [1.29, 1.82) is 0 Å². The highest BCUT2D eigenvalue weighted by atomic mass is 32.2. The zero-order valence-corrected chi connectivity index (χ0v) is 19.9. The van der Waals surface area contributed by atoms with Crippen LogP contribution in [0.1, 0.15) is 40.8 Å². The second-order valence-corrected chi connectivity index (χ2v) is 10.8. The van der Waals surface area contributed by atoms with E-state index in [1.54, 1.807) is 76.3 Å². The molecule has 1 aromatic heterocycles. The molecule has 2 aromatic carbocycles. The summed E-state index contributed by atoms with van der Waals surface area (Å²) in [6, 6.07) is 16.3. The molecule has 0 spiro atoms. The van der Waals surface area contributed by atoms with Crippen molar-refractivity contribution in [2.24, 2.45) is 0 Å². The molecular weight excluding hydrogens is 446 g/mol. The van der Waals surface area contributed by atoms with Crippen molar-refractivity contribution in [3.8, 4) is 0 Å². The highest BCUT2D eigenvalue weighted by Crippen LogP contribution is 2.24. The van der Waals surface area contributed by atoms with Gasteiger partial charge in [-0.3, -0.25) is 9.59 Å². The smallest absolute Gasteiger partial charge is 0.268 e. The highest BCUT2D eigenvalue weighted by molar-refractivity contribution is 7.89. The quantitative estimate of drug-likeness (QED) is 0.559. The number of thiophene rings is 1. The van der Waals surface area contributed by atoms with E-state index in [1.807, 2.05) is 5.38 Å². The van der Waals surface area contributed by atoms with E-state index in [-0.39, 0.29) is 10.8 Å². The number of nitrogens with one attached hydrogen (secondary N) is 2. The normalized spacial score (nSPS) is 11.8. The van der Waals surface area contributed by atoms with E-state index in [0.717, 1.165) is 0 Å². The molecule has 7 nitrogen and oxygen atoms in total. The molecular formula is C23H25N3O4S2. The minimum Gasteiger partial charge on any atom is -0.322 e. The molecule has 168 valence electrons. The Bertz CT molecular complexity index is 1230. The maximum Gasteiger partial charge on any atom is 0.268 e. The van der Waals surface area contributed by atoms with Gasteiger partial charge in [-0.2, -0.15) is 0 Å². The predicted octanol–water partition coefficient (Wildman–Crippen LogP) is 4.35. The van der Waals surface area contributed by atoms with E-state index < -0.39 is 21.5 Å². The fourth-order valence-electron chi connectivity index (χ4n) is 3.03. The number of amides is 2. The average molecular weight is 472 g/mol. The number of hydrogen-bond acceptors (Lipinski definition) is 5. The van der Waals surface area contributed by atoms with Crippen LogP contribution in [0, 0.1) is 0 Å². The molecule has 0 unspecified atom stereocenters. The fraction of sp³-hybridized carbons (Fsp3) is 0.217. The van der Waals surface area contributed by atoms with Gasteiger partial charge in [-0.1, -0.05) is 24.3 Å². The molecule has 0 aliphatic carbocycles. The van der Waals surface area contributed by atoms with Crippen LogP contribution in [0.4, 0.5) is 11.4 Å². The third-order valence-corrected chi connectivity index (χ3v) is 7.00. The second kappa shape index (κ2) is 9.23. The third kappa shape index (κ3) is 5.61. The van der Waals surface area contributed by atoms with Gasteiger partial charge in [0.2, 0.25) is 10.0 Å². The number of benzene rings is 2. The summed E-state index contributed by atoms with van der Waals surface area (Å²) in [5.41, 5.74) is 0.424. The van der Waals surface area contributed by atoms with Crippen LogP contribution in [0.15, 0.2) is 70.9 Å². The number of rotatable bonds is 6. The molecule has 2 amide bonds. The third-order valence-electron chi connectivity index (χ3n) is 4.39. The van der Waals surface area contributed by atoms with Crippen LogP contribution in [0.3, 0.4) is 0 Å². The maximum absolute atomic E-state index is 13.0. The number of anilines is 2. The van der Waals surface area contributed by atoms with E-state index in [0.29, 0.717) is 21.8 Å². The Kier molecular flexibility index (Phi) is 6.82. The van der Waals surface area contributed by atoms with Gasteiger partial charge >= 0.3 is 0 Å². The van der Waals surface area contributed by atoms with E-state index in [2.05, 4.69) is 10.0 Å². The molecule has 0 saturated carbocycles. The zero-order valence-electron chi connectivity index (χ0n) is 18.2. The Labute approximate surface area is 192 Å². The molecule has 3 aromatic rings. The fourth-order valence-corrected chi connectivity index (χ4v) is 5.20. The van der Waals surface area contributed by atoms with Crippen molar-refractivity contribution >= 4 is 44.5 Å². The highest BCUT2D eigenvalue weighted by Gasteiger charge is 2.23. The molecule has 0 bridgehead atoms. The first-order valence-electron chi connectivity index (χ1n) is 9.84. The minimum atomic E-state index is -3.75. The van der Waals surface area contributed by atoms with E-state index >= 15 is 0 Å². The van der Waals surface area contributed by atoms with Gasteiger partial charge in [0.1, 0.15) is 0 Å². The van der Waals surface area contributed by atoms with Crippen LogP contribution in [0.5, 0.6) is 0 Å². The standard InChI is InChI=1S/C23H25N3O4S2/c1-23(2,3)25-32(29,30)17-10-7-9-16(15-17)24-21(27)18-11-5-6-12-19(18)26(4)22(28)20-13-8-14-31-20/h5-15,25H,1-4H3,(H,24,27). The number of carbonyl (C=O) groups excluding carboxylic acids is 2. The Hall–Kier alpha value is -3.01. The number of para-hydroxylation sites is 1. The van der Waals surface area contributed by atoms with E-state index in [1.165, 1.54) is 28.4 Å². The predicted molar refractivity (Wildman–Crippen MR) is 128 cm³/mol. The summed E-state index contributed by atoms with van der Waals surface area (Å²) in [6.07, 6.45) is 0. The molecule has 1 heterocycles. The van der Waals surface area contributed by atoms with Crippen molar-refractivity contribution in [3.63, 3.8) is 0 Å². The second-order valence-electron chi connectivity index (χ2n) is 8.20. The minimum absolute atomic E-state index is 0.0449. The summed E-state index contributed by atoms with van der Waals surface area (Å²) in [6.45, 7) is 5.25. The van der Waals surface area contributed by atoms with Gasteiger partial charge < -0.3 is 10.2 Å². The zero-order chi connectivity index (χ0) is 23.5. The van der Waals surface area contributed by atoms with Crippen molar-refractivity contribution in [2.45, 2.75) is 31.2 Å². The summed E-state index contributed by atoms with van der Waals surface area (Å²) in [5, 5.41) is 4.55. The van der Waals surface area contributed by atoms with E-state index in [4.69, 9.17) is 0 Å². The molecule has 0 atom stereocenters. The van der Waals surface area contributed by atoms with Crippen molar-refractivity contribution in [3.05, 3.63) is 76.5 Å². The number of sulfonamides is 1. The maximum atomic E-state index is 13.0. The molecule has 0 radical (unpaired) electrons. The summed E-state index contributed by atoms with van der Waals surface area (Å²) in [5.74, 6) is -0.675. The molecule has 32 heavy (non-hydrogen) atoms. The van der Waals surface area contributed by atoms with Crippen LogP contribution in [0.25, 0.3) is 0 Å². The molecule has 0 saturated heterocycles.